The first kappa shape index (κ1) is 15.5. The molecule has 0 saturated heterocycles. The van der Waals surface area contributed by atoms with E-state index in [9.17, 15) is 4.79 Å². The monoisotopic (exact) mass is 289 g/mol. The lowest BCUT2D eigenvalue weighted by atomic mass is 10.1. The Kier molecular flexibility index (Phi) is 4.94. The molecule has 0 aromatic carbocycles. The number of carbonyl (C=O) groups excluding carboxylic acids is 1. The number of hydrogen-bond donors (Lipinski definition) is 0. The SMILES string of the molecule is CCCC(C)Cn1c(CC)nc2ccc(C(=O)OC)nc21. The fourth-order valence-corrected chi connectivity index (χ4v) is 2.62. The zero-order valence-corrected chi connectivity index (χ0v) is 13.2. The minimum Gasteiger partial charge on any atom is -0.464 e. The first-order valence-electron chi connectivity index (χ1n) is 7.55. The van der Waals surface area contributed by atoms with Crippen LogP contribution in [-0.4, -0.2) is 27.6 Å². The predicted octanol–water partition coefficient (Wildman–Crippen LogP) is 3.22. The van der Waals surface area contributed by atoms with Gasteiger partial charge in [0.15, 0.2) is 11.3 Å². The lowest BCUT2D eigenvalue weighted by Gasteiger charge is -2.13. The summed E-state index contributed by atoms with van der Waals surface area (Å²) < 4.78 is 6.89. The zero-order valence-electron chi connectivity index (χ0n) is 13.2. The van der Waals surface area contributed by atoms with Crippen LogP contribution in [0.5, 0.6) is 0 Å². The highest BCUT2D eigenvalue weighted by Crippen LogP contribution is 2.19. The fourth-order valence-electron chi connectivity index (χ4n) is 2.62. The lowest BCUT2D eigenvalue weighted by Crippen LogP contribution is -2.12. The summed E-state index contributed by atoms with van der Waals surface area (Å²) in [5, 5.41) is 0. The Hall–Kier alpha value is -1.91. The van der Waals surface area contributed by atoms with Crippen LogP contribution in [0, 0.1) is 5.92 Å². The van der Waals surface area contributed by atoms with Crippen molar-refractivity contribution in [2.45, 2.75) is 46.6 Å². The maximum atomic E-state index is 11.7. The standard InChI is InChI=1S/C16H23N3O2/c1-5-7-11(3)10-19-14(6-2)17-12-8-9-13(16(20)21-4)18-15(12)19/h8-9,11H,5-7,10H2,1-4H3. The van der Waals surface area contributed by atoms with E-state index in [1.165, 1.54) is 13.5 Å². The predicted molar refractivity (Wildman–Crippen MR) is 82.3 cm³/mol. The van der Waals surface area contributed by atoms with Crippen LogP contribution in [0.1, 0.15) is 49.9 Å². The molecule has 0 radical (unpaired) electrons. The number of rotatable bonds is 6. The van der Waals surface area contributed by atoms with Crippen molar-refractivity contribution in [1.29, 1.82) is 0 Å². The summed E-state index contributed by atoms with van der Waals surface area (Å²) in [5.74, 6) is 1.16. The van der Waals surface area contributed by atoms with Crippen molar-refractivity contribution in [3.8, 4) is 0 Å². The molecule has 0 saturated carbocycles. The van der Waals surface area contributed by atoms with Crippen LogP contribution < -0.4 is 0 Å². The molecule has 2 aromatic rings. The summed E-state index contributed by atoms with van der Waals surface area (Å²) in [5.41, 5.74) is 1.94. The molecule has 5 heteroatoms. The second-order valence-corrected chi connectivity index (χ2v) is 5.42. The number of methoxy groups -OCH3 is 1. The quantitative estimate of drug-likeness (QED) is 0.766. The van der Waals surface area contributed by atoms with Crippen LogP contribution in [0.3, 0.4) is 0 Å². The fraction of sp³-hybridized carbons (Fsp3) is 0.562. The summed E-state index contributed by atoms with van der Waals surface area (Å²) in [6, 6.07) is 3.51. The highest BCUT2D eigenvalue weighted by molar-refractivity contribution is 5.89. The van der Waals surface area contributed by atoms with Crippen molar-refractivity contribution in [2.24, 2.45) is 5.92 Å². The van der Waals surface area contributed by atoms with Gasteiger partial charge in [-0.1, -0.05) is 27.2 Å². The number of nitrogens with zero attached hydrogens (tertiary/aromatic N) is 3. The number of pyridine rings is 1. The Morgan fingerprint density at radius 3 is 2.71 bits per heavy atom. The van der Waals surface area contributed by atoms with E-state index in [2.05, 4.69) is 35.3 Å². The topological polar surface area (TPSA) is 57.0 Å². The molecule has 0 spiro atoms. The van der Waals surface area contributed by atoms with Crippen LogP contribution in [0.25, 0.3) is 11.2 Å². The molecule has 2 rings (SSSR count). The van der Waals surface area contributed by atoms with Crippen LogP contribution in [0.15, 0.2) is 12.1 Å². The van der Waals surface area contributed by atoms with Crippen LogP contribution >= 0.6 is 0 Å². The number of esters is 1. The zero-order chi connectivity index (χ0) is 15.4. The summed E-state index contributed by atoms with van der Waals surface area (Å²) in [7, 11) is 1.37. The summed E-state index contributed by atoms with van der Waals surface area (Å²) in [6.07, 6.45) is 3.18. The molecule has 1 atom stereocenters. The van der Waals surface area contributed by atoms with Gasteiger partial charge in [0, 0.05) is 13.0 Å². The molecule has 0 aliphatic carbocycles. The average molecular weight is 289 g/mol. The Balaban J connectivity index is 2.46. The van der Waals surface area contributed by atoms with Gasteiger partial charge in [-0.3, -0.25) is 0 Å². The molecule has 114 valence electrons. The first-order chi connectivity index (χ1) is 10.1. The molecule has 5 nitrogen and oxygen atoms in total. The van der Waals surface area contributed by atoms with Gasteiger partial charge in [-0.25, -0.2) is 14.8 Å². The molecular formula is C16H23N3O2. The molecule has 0 aliphatic rings. The molecule has 2 aromatic heterocycles. The number of ether oxygens (including phenoxy) is 1. The Bertz CT molecular complexity index is 634. The normalized spacial score (nSPS) is 12.6. The maximum Gasteiger partial charge on any atom is 0.356 e. The van der Waals surface area contributed by atoms with Crippen molar-refractivity contribution in [3.63, 3.8) is 0 Å². The molecule has 1 unspecified atom stereocenters. The second-order valence-electron chi connectivity index (χ2n) is 5.42. The highest BCUT2D eigenvalue weighted by atomic mass is 16.5. The molecule has 0 aliphatic heterocycles. The van der Waals surface area contributed by atoms with Crippen molar-refractivity contribution in [3.05, 3.63) is 23.7 Å². The van der Waals surface area contributed by atoms with Gasteiger partial charge in [-0.15, -0.1) is 0 Å². The lowest BCUT2D eigenvalue weighted by molar-refractivity contribution is 0.0594. The summed E-state index contributed by atoms with van der Waals surface area (Å²) in [6.45, 7) is 7.39. The van der Waals surface area contributed by atoms with E-state index in [-0.39, 0.29) is 0 Å². The molecule has 2 heterocycles. The molecular weight excluding hydrogens is 266 g/mol. The van der Waals surface area contributed by atoms with E-state index in [1.807, 2.05) is 6.07 Å². The van der Waals surface area contributed by atoms with E-state index >= 15 is 0 Å². The number of aryl methyl sites for hydroxylation is 1. The smallest absolute Gasteiger partial charge is 0.356 e. The van der Waals surface area contributed by atoms with Crippen molar-refractivity contribution < 1.29 is 9.53 Å². The van der Waals surface area contributed by atoms with Gasteiger partial charge in [0.2, 0.25) is 0 Å². The Morgan fingerprint density at radius 2 is 2.10 bits per heavy atom. The van der Waals surface area contributed by atoms with Gasteiger partial charge >= 0.3 is 5.97 Å². The van der Waals surface area contributed by atoms with Gasteiger partial charge in [0.1, 0.15) is 11.3 Å². The number of fused-ring (bicyclic) bond motifs is 1. The third-order valence-corrected chi connectivity index (χ3v) is 3.66. The van der Waals surface area contributed by atoms with E-state index in [1.54, 1.807) is 6.07 Å². The molecule has 0 amide bonds. The average Bonchev–Trinajstić information content (AvgIpc) is 2.83. The van der Waals surface area contributed by atoms with Gasteiger partial charge < -0.3 is 9.30 Å². The minimum absolute atomic E-state index is 0.331. The second kappa shape index (κ2) is 6.70. The van der Waals surface area contributed by atoms with Gasteiger partial charge in [-0.2, -0.15) is 0 Å². The number of carbonyl (C=O) groups is 1. The number of hydrogen-bond acceptors (Lipinski definition) is 4. The molecule has 0 fully saturated rings. The third kappa shape index (κ3) is 3.23. The van der Waals surface area contributed by atoms with Gasteiger partial charge in [0.25, 0.3) is 0 Å². The minimum atomic E-state index is -0.413. The Labute approximate surface area is 125 Å². The van der Waals surface area contributed by atoms with Crippen LogP contribution in [0.4, 0.5) is 0 Å². The molecule has 0 N–H and O–H groups in total. The van der Waals surface area contributed by atoms with E-state index in [0.29, 0.717) is 11.6 Å². The van der Waals surface area contributed by atoms with Crippen LogP contribution in [0.2, 0.25) is 0 Å². The van der Waals surface area contributed by atoms with Crippen molar-refractivity contribution >= 4 is 17.1 Å². The summed E-state index contributed by atoms with van der Waals surface area (Å²) in [4.78, 5) is 20.7. The Morgan fingerprint density at radius 1 is 1.33 bits per heavy atom. The van der Waals surface area contributed by atoms with Gasteiger partial charge in [0.05, 0.1) is 7.11 Å². The third-order valence-electron chi connectivity index (χ3n) is 3.66. The first-order valence-corrected chi connectivity index (χ1v) is 7.55. The van der Waals surface area contributed by atoms with Crippen LogP contribution in [-0.2, 0) is 17.7 Å². The van der Waals surface area contributed by atoms with E-state index < -0.39 is 5.97 Å². The van der Waals surface area contributed by atoms with Crippen molar-refractivity contribution in [2.75, 3.05) is 7.11 Å². The molecule has 0 bridgehead atoms. The maximum absolute atomic E-state index is 11.7. The largest absolute Gasteiger partial charge is 0.464 e. The summed E-state index contributed by atoms with van der Waals surface area (Å²) >= 11 is 0. The van der Waals surface area contributed by atoms with E-state index in [4.69, 9.17) is 4.74 Å². The molecule has 21 heavy (non-hydrogen) atoms. The van der Waals surface area contributed by atoms with Crippen molar-refractivity contribution in [1.82, 2.24) is 14.5 Å². The number of imidazole rings is 1. The highest BCUT2D eigenvalue weighted by Gasteiger charge is 2.16. The number of aromatic nitrogens is 3. The van der Waals surface area contributed by atoms with E-state index in [0.717, 1.165) is 36.4 Å². The van der Waals surface area contributed by atoms with Gasteiger partial charge in [-0.05, 0) is 24.5 Å².